The molecule has 5 heteroatoms. The summed E-state index contributed by atoms with van der Waals surface area (Å²) >= 11 is 1.75. The maximum absolute atomic E-state index is 9.94. The van der Waals surface area contributed by atoms with Crippen LogP contribution < -0.4 is 0 Å². The first-order valence-electron chi connectivity index (χ1n) is 8.68. The van der Waals surface area contributed by atoms with E-state index >= 15 is 0 Å². The summed E-state index contributed by atoms with van der Waals surface area (Å²) in [5, 5.41) is 38.1. The molecule has 1 fully saturated rings. The zero-order valence-corrected chi connectivity index (χ0v) is 15.7. The van der Waals surface area contributed by atoms with Crippen molar-refractivity contribution in [1.82, 2.24) is 0 Å². The lowest BCUT2D eigenvalue weighted by Gasteiger charge is -2.45. The number of fused-ring (bicyclic) bond motifs is 1. The van der Waals surface area contributed by atoms with Crippen molar-refractivity contribution in [3.8, 4) is 18.2 Å². The van der Waals surface area contributed by atoms with E-state index in [0.29, 0.717) is 5.92 Å². The number of hydrogen-bond donors (Lipinski definition) is 1. The van der Waals surface area contributed by atoms with Crippen LogP contribution in [0, 0.1) is 56.7 Å². The highest BCUT2D eigenvalue weighted by Gasteiger charge is 2.57. The summed E-state index contributed by atoms with van der Waals surface area (Å²) in [6, 6.07) is 14.5. The average molecular weight is 360 g/mol. The molecule has 3 rings (SSSR count). The number of hydrogen-bond acceptors (Lipinski definition) is 5. The highest BCUT2D eigenvalue weighted by molar-refractivity contribution is 7.99. The number of nitrogens with zero attached hydrogens (tertiary/aromatic N) is 3. The largest absolute Gasteiger partial charge is 0.305 e. The summed E-state index contributed by atoms with van der Waals surface area (Å²) < 4.78 is 0. The molecule has 3 atom stereocenters. The third-order valence-electron chi connectivity index (χ3n) is 5.52. The molecule has 1 saturated carbocycles. The van der Waals surface area contributed by atoms with E-state index in [0.717, 1.165) is 22.6 Å². The highest BCUT2D eigenvalue weighted by atomic mass is 32.2. The lowest BCUT2D eigenvalue weighted by Crippen LogP contribution is -2.49. The summed E-state index contributed by atoms with van der Waals surface area (Å²) in [5.74, 6) is 0.702. The molecule has 0 aromatic heterocycles. The molecule has 0 radical (unpaired) electrons. The zero-order valence-electron chi connectivity index (χ0n) is 14.9. The Morgan fingerprint density at radius 3 is 2.35 bits per heavy atom. The van der Waals surface area contributed by atoms with Crippen LogP contribution in [0.3, 0.4) is 0 Å². The minimum atomic E-state index is -1.60. The molecule has 2 aliphatic rings. The van der Waals surface area contributed by atoms with Crippen LogP contribution in [-0.4, -0.2) is 17.2 Å². The standard InChI is InChI=1S/C21H20N4S/c1-13(2)14-3-5-15(6-4-14)19-18-10-26-8-7-16(18)17(9-22)20(25)21(19,11-23)12-24/h3-7,13,17-19,25H,8,10H2,1-2H3. The second-order valence-electron chi connectivity index (χ2n) is 7.15. The molecular formula is C21H20N4S. The van der Waals surface area contributed by atoms with Crippen LogP contribution >= 0.6 is 11.8 Å². The van der Waals surface area contributed by atoms with E-state index in [1.807, 2.05) is 30.3 Å². The molecule has 1 N–H and O–H groups in total. The average Bonchev–Trinajstić information content (AvgIpc) is 2.67. The van der Waals surface area contributed by atoms with Gasteiger partial charge in [-0.25, -0.2) is 0 Å². The minimum absolute atomic E-state index is 0.0719. The first-order chi connectivity index (χ1) is 12.5. The van der Waals surface area contributed by atoms with Crippen molar-refractivity contribution in [1.29, 1.82) is 21.2 Å². The summed E-state index contributed by atoms with van der Waals surface area (Å²) in [4.78, 5) is 0. The van der Waals surface area contributed by atoms with Crippen LogP contribution in [0.4, 0.5) is 0 Å². The molecule has 1 aromatic rings. The van der Waals surface area contributed by atoms with E-state index < -0.39 is 17.3 Å². The van der Waals surface area contributed by atoms with E-state index in [4.69, 9.17) is 5.41 Å². The predicted octanol–water partition coefficient (Wildman–Crippen LogP) is 4.39. The Morgan fingerprint density at radius 1 is 1.15 bits per heavy atom. The predicted molar refractivity (Wildman–Crippen MR) is 103 cm³/mol. The Kier molecular flexibility index (Phi) is 4.90. The van der Waals surface area contributed by atoms with Crippen LogP contribution in [0.5, 0.6) is 0 Å². The molecule has 1 aliphatic heterocycles. The number of nitrogens with one attached hydrogen (secondary N) is 1. The fourth-order valence-corrected chi connectivity index (χ4v) is 5.16. The quantitative estimate of drug-likeness (QED) is 0.791. The molecule has 1 aromatic carbocycles. The molecule has 26 heavy (non-hydrogen) atoms. The van der Waals surface area contributed by atoms with Crippen molar-refractivity contribution in [2.24, 2.45) is 17.3 Å². The number of thioether (sulfide) groups is 1. The van der Waals surface area contributed by atoms with E-state index in [-0.39, 0.29) is 11.6 Å². The van der Waals surface area contributed by atoms with Gasteiger partial charge in [0.1, 0.15) is 5.92 Å². The number of nitriles is 3. The first kappa shape index (κ1) is 18.2. The topological polar surface area (TPSA) is 95.2 Å². The Morgan fingerprint density at radius 2 is 1.81 bits per heavy atom. The monoisotopic (exact) mass is 360 g/mol. The molecule has 0 amide bonds. The molecular weight excluding hydrogens is 340 g/mol. The molecule has 0 saturated heterocycles. The summed E-state index contributed by atoms with van der Waals surface area (Å²) in [7, 11) is 0. The normalized spacial score (nSPS) is 26.8. The fraction of sp³-hybridized carbons (Fsp3) is 0.429. The maximum Gasteiger partial charge on any atom is 0.189 e. The molecule has 1 heterocycles. The van der Waals surface area contributed by atoms with Gasteiger partial charge in [0.2, 0.25) is 0 Å². The van der Waals surface area contributed by atoms with Gasteiger partial charge in [0.05, 0.1) is 23.9 Å². The van der Waals surface area contributed by atoms with Gasteiger partial charge in [-0.3, -0.25) is 0 Å². The SMILES string of the molecule is CC(C)c1ccc(C2C3CSCC=C3C(C#N)C(=N)C2(C#N)C#N)cc1. The van der Waals surface area contributed by atoms with Gasteiger partial charge >= 0.3 is 0 Å². The van der Waals surface area contributed by atoms with Gasteiger partial charge in [0.25, 0.3) is 0 Å². The van der Waals surface area contributed by atoms with Gasteiger partial charge in [-0.2, -0.15) is 27.5 Å². The van der Waals surface area contributed by atoms with Crippen LogP contribution in [0.25, 0.3) is 0 Å². The van der Waals surface area contributed by atoms with Crippen molar-refractivity contribution in [2.45, 2.75) is 25.7 Å². The number of allylic oxidation sites excluding steroid dienone is 1. The molecule has 3 unspecified atom stereocenters. The molecule has 0 bridgehead atoms. The number of benzene rings is 1. The second-order valence-corrected chi connectivity index (χ2v) is 8.23. The summed E-state index contributed by atoms with van der Waals surface area (Å²) in [6.07, 6.45) is 2.02. The molecule has 1 aliphatic carbocycles. The van der Waals surface area contributed by atoms with Gasteiger partial charge in [0.15, 0.2) is 5.41 Å². The van der Waals surface area contributed by atoms with Crippen molar-refractivity contribution < 1.29 is 0 Å². The smallest absolute Gasteiger partial charge is 0.189 e. The Bertz CT molecular complexity index is 863. The lowest BCUT2D eigenvalue weighted by molar-refractivity contribution is 0.378. The lowest BCUT2D eigenvalue weighted by atomic mass is 9.55. The van der Waals surface area contributed by atoms with Gasteiger partial charge < -0.3 is 5.41 Å². The van der Waals surface area contributed by atoms with Crippen molar-refractivity contribution in [2.75, 3.05) is 11.5 Å². The van der Waals surface area contributed by atoms with Crippen molar-refractivity contribution >= 4 is 17.5 Å². The Hall–Kier alpha value is -2.55. The van der Waals surface area contributed by atoms with Gasteiger partial charge in [-0.05, 0) is 22.6 Å². The summed E-state index contributed by atoms with van der Waals surface area (Å²) in [5.41, 5.74) is 1.34. The zero-order chi connectivity index (χ0) is 18.9. The molecule has 130 valence electrons. The van der Waals surface area contributed by atoms with Crippen molar-refractivity contribution in [3.05, 3.63) is 47.0 Å². The Balaban J connectivity index is 2.19. The first-order valence-corrected chi connectivity index (χ1v) is 9.84. The van der Waals surface area contributed by atoms with Gasteiger partial charge in [0, 0.05) is 23.3 Å². The minimum Gasteiger partial charge on any atom is -0.305 e. The fourth-order valence-electron chi connectivity index (χ4n) is 4.08. The van der Waals surface area contributed by atoms with Crippen LogP contribution in [0.1, 0.15) is 36.8 Å². The van der Waals surface area contributed by atoms with E-state index in [1.54, 1.807) is 11.8 Å². The van der Waals surface area contributed by atoms with Gasteiger partial charge in [-0.1, -0.05) is 44.2 Å². The van der Waals surface area contributed by atoms with Crippen LogP contribution in [0.15, 0.2) is 35.9 Å². The van der Waals surface area contributed by atoms with E-state index in [1.165, 1.54) is 5.56 Å². The van der Waals surface area contributed by atoms with Crippen LogP contribution in [-0.2, 0) is 0 Å². The third-order valence-corrected chi connectivity index (χ3v) is 6.52. The molecule has 4 nitrogen and oxygen atoms in total. The molecule has 0 spiro atoms. The maximum atomic E-state index is 9.94. The Labute approximate surface area is 158 Å². The van der Waals surface area contributed by atoms with Gasteiger partial charge in [-0.15, -0.1) is 0 Å². The summed E-state index contributed by atoms with van der Waals surface area (Å²) in [6.45, 7) is 4.24. The highest BCUT2D eigenvalue weighted by Crippen LogP contribution is 2.54. The van der Waals surface area contributed by atoms with E-state index in [9.17, 15) is 15.8 Å². The third kappa shape index (κ3) is 2.63. The van der Waals surface area contributed by atoms with E-state index in [2.05, 4.69) is 32.1 Å². The number of rotatable bonds is 2. The van der Waals surface area contributed by atoms with Crippen molar-refractivity contribution in [3.63, 3.8) is 0 Å². The second kappa shape index (κ2) is 6.99. The van der Waals surface area contributed by atoms with Crippen LogP contribution in [0.2, 0.25) is 0 Å².